The standard InChI is InChI=1S/C14H21NO4/c1-17-12-2-4-13(5-3-12)19-11-14-10-15(6-8-16)7-9-18-14/h2-5,14,16H,6-11H2,1H3/t14-/m1/s1. The van der Waals surface area contributed by atoms with Crippen molar-refractivity contribution in [2.24, 2.45) is 0 Å². The number of methoxy groups -OCH3 is 1. The molecule has 0 spiro atoms. The molecule has 5 nitrogen and oxygen atoms in total. The Kier molecular flexibility index (Phi) is 5.44. The zero-order valence-electron chi connectivity index (χ0n) is 11.2. The predicted molar refractivity (Wildman–Crippen MR) is 71.8 cm³/mol. The van der Waals surface area contributed by atoms with E-state index < -0.39 is 0 Å². The maximum Gasteiger partial charge on any atom is 0.119 e. The van der Waals surface area contributed by atoms with Crippen LogP contribution in [-0.4, -0.2) is 62.7 Å². The topological polar surface area (TPSA) is 51.2 Å². The summed E-state index contributed by atoms with van der Waals surface area (Å²) in [5, 5.41) is 8.94. The fourth-order valence-corrected chi connectivity index (χ4v) is 2.09. The second kappa shape index (κ2) is 7.33. The van der Waals surface area contributed by atoms with Crippen LogP contribution in [0.25, 0.3) is 0 Å². The quantitative estimate of drug-likeness (QED) is 0.825. The van der Waals surface area contributed by atoms with E-state index in [4.69, 9.17) is 19.3 Å². The number of aliphatic hydroxyl groups excluding tert-OH is 1. The highest BCUT2D eigenvalue weighted by Crippen LogP contribution is 2.17. The highest BCUT2D eigenvalue weighted by atomic mass is 16.5. The van der Waals surface area contributed by atoms with Crippen molar-refractivity contribution >= 4 is 0 Å². The SMILES string of the molecule is COc1ccc(OC[C@H]2CN(CCO)CCO2)cc1. The van der Waals surface area contributed by atoms with Gasteiger partial charge in [0.1, 0.15) is 24.2 Å². The van der Waals surface area contributed by atoms with Crippen LogP contribution in [0.2, 0.25) is 0 Å². The van der Waals surface area contributed by atoms with E-state index in [1.807, 2.05) is 24.3 Å². The van der Waals surface area contributed by atoms with E-state index in [1.54, 1.807) is 7.11 Å². The summed E-state index contributed by atoms with van der Waals surface area (Å²) in [6.07, 6.45) is 0.0578. The largest absolute Gasteiger partial charge is 0.497 e. The summed E-state index contributed by atoms with van der Waals surface area (Å²) in [5.41, 5.74) is 0. The number of β-amino-alcohol motifs (C(OH)–C–C–N with tert-alkyl or cyclic N) is 1. The molecule has 0 bridgehead atoms. The second-order valence-corrected chi connectivity index (χ2v) is 4.50. The van der Waals surface area contributed by atoms with Crippen molar-refractivity contribution in [3.8, 4) is 11.5 Å². The second-order valence-electron chi connectivity index (χ2n) is 4.50. The van der Waals surface area contributed by atoms with Crippen molar-refractivity contribution < 1.29 is 19.3 Å². The lowest BCUT2D eigenvalue weighted by Gasteiger charge is -2.32. The fraction of sp³-hybridized carbons (Fsp3) is 0.571. The summed E-state index contributed by atoms with van der Waals surface area (Å²) in [6.45, 7) is 3.77. The monoisotopic (exact) mass is 267 g/mol. The summed E-state index contributed by atoms with van der Waals surface area (Å²) in [4.78, 5) is 2.19. The third kappa shape index (κ3) is 4.38. The van der Waals surface area contributed by atoms with Crippen LogP contribution < -0.4 is 9.47 Å². The number of hydrogen-bond donors (Lipinski definition) is 1. The lowest BCUT2D eigenvalue weighted by molar-refractivity contribution is -0.0508. The van der Waals surface area contributed by atoms with E-state index in [0.29, 0.717) is 19.8 Å². The van der Waals surface area contributed by atoms with E-state index in [1.165, 1.54) is 0 Å². The molecule has 0 aliphatic carbocycles. The lowest BCUT2D eigenvalue weighted by atomic mass is 10.3. The van der Waals surface area contributed by atoms with Crippen molar-refractivity contribution in [3.63, 3.8) is 0 Å². The molecule has 2 rings (SSSR count). The van der Waals surface area contributed by atoms with Crippen molar-refractivity contribution in [3.05, 3.63) is 24.3 Å². The number of ether oxygens (including phenoxy) is 3. The van der Waals surface area contributed by atoms with Crippen LogP contribution in [0, 0.1) is 0 Å². The van der Waals surface area contributed by atoms with Gasteiger partial charge < -0.3 is 19.3 Å². The molecular formula is C14H21NO4. The van der Waals surface area contributed by atoms with Gasteiger partial charge in [0.25, 0.3) is 0 Å². The minimum absolute atomic E-state index is 0.0578. The molecule has 1 heterocycles. The zero-order valence-corrected chi connectivity index (χ0v) is 11.2. The first-order valence-electron chi connectivity index (χ1n) is 6.53. The maximum absolute atomic E-state index is 8.94. The van der Waals surface area contributed by atoms with Crippen molar-refractivity contribution in [2.45, 2.75) is 6.10 Å². The molecule has 1 atom stereocenters. The average Bonchev–Trinajstić information content (AvgIpc) is 2.46. The number of morpholine rings is 1. The molecule has 0 radical (unpaired) electrons. The first-order valence-corrected chi connectivity index (χ1v) is 6.53. The van der Waals surface area contributed by atoms with Crippen LogP contribution in [0.1, 0.15) is 0 Å². The zero-order chi connectivity index (χ0) is 13.5. The molecule has 1 aliphatic heterocycles. The van der Waals surface area contributed by atoms with Gasteiger partial charge in [-0.2, -0.15) is 0 Å². The number of benzene rings is 1. The first kappa shape index (κ1) is 14.1. The smallest absolute Gasteiger partial charge is 0.119 e. The van der Waals surface area contributed by atoms with Gasteiger partial charge in [0.15, 0.2) is 0 Å². The van der Waals surface area contributed by atoms with Gasteiger partial charge >= 0.3 is 0 Å². The van der Waals surface area contributed by atoms with Crippen LogP contribution in [0.5, 0.6) is 11.5 Å². The van der Waals surface area contributed by atoms with Gasteiger partial charge in [0, 0.05) is 19.6 Å². The molecule has 1 aromatic carbocycles. The molecular weight excluding hydrogens is 246 g/mol. The molecule has 106 valence electrons. The van der Waals surface area contributed by atoms with E-state index in [0.717, 1.165) is 24.6 Å². The Hall–Kier alpha value is -1.30. The van der Waals surface area contributed by atoms with E-state index in [9.17, 15) is 0 Å². The summed E-state index contributed by atoms with van der Waals surface area (Å²) in [5.74, 6) is 1.62. The highest BCUT2D eigenvalue weighted by molar-refractivity contribution is 5.31. The van der Waals surface area contributed by atoms with E-state index >= 15 is 0 Å². The summed E-state index contributed by atoms with van der Waals surface area (Å²) < 4.78 is 16.4. The van der Waals surface area contributed by atoms with Crippen molar-refractivity contribution in [1.29, 1.82) is 0 Å². The Morgan fingerprint density at radius 1 is 1.32 bits per heavy atom. The molecule has 0 saturated carbocycles. The number of rotatable bonds is 6. The van der Waals surface area contributed by atoms with Crippen molar-refractivity contribution in [1.82, 2.24) is 4.90 Å². The molecule has 19 heavy (non-hydrogen) atoms. The van der Waals surface area contributed by atoms with Gasteiger partial charge in [0.2, 0.25) is 0 Å². The summed E-state index contributed by atoms with van der Waals surface area (Å²) in [6, 6.07) is 7.50. The van der Waals surface area contributed by atoms with Gasteiger partial charge in [-0.05, 0) is 24.3 Å². The molecule has 1 N–H and O–H groups in total. The van der Waals surface area contributed by atoms with Crippen LogP contribution in [-0.2, 0) is 4.74 Å². The summed E-state index contributed by atoms with van der Waals surface area (Å²) in [7, 11) is 1.64. The normalized spacial score (nSPS) is 20.2. The number of nitrogens with zero attached hydrogens (tertiary/aromatic N) is 1. The van der Waals surface area contributed by atoms with Crippen molar-refractivity contribution in [2.75, 3.05) is 46.6 Å². The van der Waals surface area contributed by atoms with Crippen LogP contribution in [0.3, 0.4) is 0 Å². The minimum atomic E-state index is 0.0578. The van der Waals surface area contributed by atoms with Gasteiger partial charge in [-0.1, -0.05) is 0 Å². The Labute approximate surface area is 113 Å². The minimum Gasteiger partial charge on any atom is -0.497 e. The van der Waals surface area contributed by atoms with Gasteiger partial charge in [-0.15, -0.1) is 0 Å². The molecule has 0 unspecified atom stereocenters. The molecule has 1 saturated heterocycles. The molecule has 1 aliphatic rings. The predicted octanol–water partition coefficient (Wildman–Crippen LogP) is 0.767. The maximum atomic E-state index is 8.94. The molecule has 1 fully saturated rings. The number of hydrogen-bond acceptors (Lipinski definition) is 5. The van der Waals surface area contributed by atoms with Crippen LogP contribution >= 0.6 is 0 Å². The Morgan fingerprint density at radius 2 is 2.05 bits per heavy atom. The highest BCUT2D eigenvalue weighted by Gasteiger charge is 2.20. The first-order chi connectivity index (χ1) is 9.31. The molecule has 0 aromatic heterocycles. The number of aliphatic hydroxyl groups is 1. The molecule has 1 aromatic rings. The average molecular weight is 267 g/mol. The molecule has 0 amide bonds. The lowest BCUT2D eigenvalue weighted by Crippen LogP contribution is -2.45. The van der Waals surface area contributed by atoms with Crippen LogP contribution in [0.4, 0.5) is 0 Å². The van der Waals surface area contributed by atoms with E-state index in [-0.39, 0.29) is 12.7 Å². The van der Waals surface area contributed by atoms with E-state index in [2.05, 4.69) is 4.90 Å². The Balaban J connectivity index is 1.77. The Bertz CT molecular complexity index is 366. The van der Waals surface area contributed by atoms with Crippen LogP contribution in [0.15, 0.2) is 24.3 Å². The van der Waals surface area contributed by atoms with Gasteiger partial charge in [-0.25, -0.2) is 0 Å². The third-order valence-corrected chi connectivity index (χ3v) is 3.13. The third-order valence-electron chi connectivity index (χ3n) is 3.13. The van der Waals surface area contributed by atoms with Gasteiger partial charge in [0.05, 0.1) is 20.3 Å². The molecule has 5 heteroatoms. The van der Waals surface area contributed by atoms with Gasteiger partial charge in [-0.3, -0.25) is 4.90 Å². The Morgan fingerprint density at radius 3 is 2.74 bits per heavy atom. The fourth-order valence-electron chi connectivity index (χ4n) is 2.09. The summed E-state index contributed by atoms with van der Waals surface area (Å²) >= 11 is 0.